The van der Waals surface area contributed by atoms with Gasteiger partial charge in [-0.05, 0) is 46.7 Å². The molecule has 2 aromatic carbocycles. The van der Waals surface area contributed by atoms with Gasteiger partial charge in [-0.2, -0.15) is 0 Å². The van der Waals surface area contributed by atoms with Gasteiger partial charge in [-0.1, -0.05) is 111 Å². The number of allylic oxidation sites excluding steroid dienone is 2. The number of hydrogen-bond acceptors (Lipinski definition) is 1. The Balaban J connectivity index is 0. The Bertz CT molecular complexity index is 763. The maximum Gasteiger partial charge on any atom is 0.0392 e. The van der Waals surface area contributed by atoms with E-state index >= 15 is 0 Å². The zero-order valence-corrected chi connectivity index (χ0v) is 19.5. The fourth-order valence-corrected chi connectivity index (χ4v) is 3.31. The fourth-order valence-electron chi connectivity index (χ4n) is 3.31. The van der Waals surface area contributed by atoms with E-state index in [1.54, 1.807) is 0 Å². The first kappa shape index (κ1) is 29.1. The summed E-state index contributed by atoms with van der Waals surface area (Å²) in [7, 11) is 0. The Morgan fingerprint density at radius 2 is 1.24 bits per heavy atom. The SMILES string of the molecule is C.C1=Cc2c3c(c4ccccc4c2C=CC1)CCCN=C3.CC.CC.CC.CC. The molecule has 0 unspecified atom stereocenters. The van der Waals surface area contributed by atoms with E-state index in [1.807, 2.05) is 55.4 Å². The molecule has 0 amide bonds. The molecule has 29 heavy (non-hydrogen) atoms. The molecule has 4 rings (SSSR count). The molecular weight excluding hydrogens is 350 g/mol. The molecule has 1 aliphatic carbocycles. The second-order valence-corrected chi connectivity index (χ2v) is 5.44. The van der Waals surface area contributed by atoms with E-state index in [-0.39, 0.29) is 7.43 Å². The molecule has 0 N–H and O–H groups in total. The van der Waals surface area contributed by atoms with E-state index < -0.39 is 0 Å². The minimum atomic E-state index is 0. The molecule has 2 aliphatic rings. The number of aliphatic imine (C=N–C) groups is 1. The normalized spacial score (nSPS) is 12.3. The van der Waals surface area contributed by atoms with Crippen molar-refractivity contribution in [2.24, 2.45) is 4.99 Å². The first-order valence-electron chi connectivity index (χ1n) is 11.4. The molecule has 1 nitrogen and oxygen atoms in total. The topological polar surface area (TPSA) is 12.4 Å². The lowest BCUT2D eigenvalue weighted by molar-refractivity contribution is 0.850. The molecule has 0 aromatic heterocycles. The lowest BCUT2D eigenvalue weighted by Gasteiger charge is -2.16. The average Bonchev–Trinajstić information content (AvgIpc) is 3.20. The quantitative estimate of drug-likeness (QED) is 0.421. The Morgan fingerprint density at radius 3 is 1.86 bits per heavy atom. The fraction of sp³-hybridized carbons (Fsp3) is 0.464. The lowest BCUT2D eigenvalue weighted by Crippen LogP contribution is -2.00. The van der Waals surface area contributed by atoms with Crippen molar-refractivity contribution in [2.45, 2.75) is 82.1 Å². The highest BCUT2D eigenvalue weighted by atomic mass is 14.7. The van der Waals surface area contributed by atoms with Crippen molar-refractivity contribution < 1.29 is 0 Å². The van der Waals surface area contributed by atoms with Gasteiger partial charge in [-0.25, -0.2) is 0 Å². The summed E-state index contributed by atoms with van der Waals surface area (Å²) >= 11 is 0. The lowest BCUT2D eigenvalue weighted by atomic mass is 9.88. The Labute approximate surface area is 181 Å². The van der Waals surface area contributed by atoms with Crippen LogP contribution in [-0.4, -0.2) is 12.8 Å². The molecule has 0 saturated carbocycles. The molecular formula is C28H45N. The molecule has 2 aromatic rings. The third-order valence-electron chi connectivity index (χ3n) is 4.22. The van der Waals surface area contributed by atoms with Crippen molar-refractivity contribution in [3.05, 3.63) is 58.7 Å². The molecule has 0 spiro atoms. The van der Waals surface area contributed by atoms with E-state index in [0.717, 1.165) is 25.8 Å². The minimum absolute atomic E-state index is 0. The van der Waals surface area contributed by atoms with Crippen LogP contribution in [0.25, 0.3) is 22.9 Å². The van der Waals surface area contributed by atoms with E-state index in [4.69, 9.17) is 0 Å². The summed E-state index contributed by atoms with van der Waals surface area (Å²) in [5, 5.41) is 2.77. The summed E-state index contributed by atoms with van der Waals surface area (Å²) in [5.74, 6) is 0. The smallest absolute Gasteiger partial charge is 0.0392 e. The third-order valence-corrected chi connectivity index (χ3v) is 4.22. The summed E-state index contributed by atoms with van der Waals surface area (Å²) < 4.78 is 0. The van der Waals surface area contributed by atoms with Crippen LogP contribution in [0.1, 0.15) is 97.9 Å². The Kier molecular flexibility index (Phi) is 17.9. The van der Waals surface area contributed by atoms with Gasteiger partial charge >= 0.3 is 0 Å². The molecule has 1 heteroatoms. The van der Waals surface area contributed by atoms with Gasteiger partial charge in [0.1, 0.15) is 0 Å². The highest BCUT2D eigenvalue weighted by Gasteiger charge is 2.17. The van der Waals surface area contributed by atoms with E-state index in [2.05, 4.69) is 59.8 Å². The summed E-state index contributed by atoms with van der Waals surface area (Å²) in [6.45, 7) is 16.9. The van der Waals surface area contributed by atoms with Gasteiger partial charge in [0.2, 0.25) is 0 Å². The van der Waals surface area contributed by atoms with Crippen LogP contribution in [0.2, 0.25) is 0 Å². The third kappa shape index (κ3) is 7.31. The number of hydrogen-bond donors (Lipinski definition) is 0. The van der Waals surface area contributed by atoms with Crippen molar-refractivity contribution in [3.63, 3.8) is 0 Å². The van der Waals surface area contributed by atoms with Crippen molar-refractivity contribution in [3.8, 4) is 0 Å². The number of benzene rings is 2. The molecule has 0 bridgehead atoms. The maximum atomic E-state index is 4.57. The number of aryl methyl sites for hydroxylation is 1. The Hall–Kier alpha value is -2.15. The van der Waals surface area contributed by atoms with Crippen LogP contribution in [0, 0.1) is 0 Å². The van der Waals surface area contributed by atoms with E-state index in [0.29, 0.717) is 0 Å². The largest absolute Gasteiger partial charge is 0.293 e. The van der Waals surface area contributed by atoms with Crippen LogP contribution < -0.4 is 0 Å². The van der Waals surface area contributed by atoms with Gasteiger partial charge in [0.15, 0.2) is 0 Å². The van der Waals surface area contributed by atoms with Crippen LogP contribution in [0.4, 0.5) is 0 Å². The summed E-state index contributed by atoms with van der Waals surface area (Å²) in [6, 6.07) is 8.80. The average molecular weight is 396 g/mol. The van der Waals surface area contributed by atoms with Gasteiger partial charge in [0, 0.05) is 18.3 Å². The van der Waals surface area contributed by atoms with Gasteiger partial charge in [-0.3, -0.25) is 4.99 Å². The summed E-state index contributed by atoms with van der Waals surface area (Å²) in [4.78, 5) is 4.57. The number of fused-ring (bicyclic) bond motifs is 6. The molecule has 0 atom stereocenters. The number of nitrogens with zero attached hydrogens (tertiary/aromatic N) is 1. The van der Waals surface area contributed by atoms with Crippen LogP contribution in [0.15, 0.2) is 41.4 Å². The molecule has 1 aliphatic heterocycles. The molecule has 162 valence electrons. The minimum Gasteiger partial charge on any atom is -0.293 e. The van der Waals surface area contributed by atoms with Crippen LogP contribution in [0.3, 0.4) is 0 Å². The molecule has 1 heterocycles. The van der Waals surface area contributed by atoms with E-state index in [1.165, 1.54) is 33.0 Å². The maximum absolute atomic E-state index is 4.57. The zero-order chi connectivity index (χ0) is 21.4. The van der Waals surface area contributed by atoms with Gasteiger partial charge in [-0.15, -0.1) is 0 Å². The van der Waals surface area contributed by atoms with Crippen molar-refractivity contribution in [2.75, 3.05) is 6.54 Å². The van der Waals surface area contributed by atoms with E-state index in [9.17, 15) is 0 Å². The first-order chi connectivity index (χ1) is 13.9. The highest BCUT2D eigenvalue weighted by molar-refractivity contribution is 6.04. The predicted octanol–water partition coefficient (Wildman–Crippen LogP) is 9.38. The van der Waals surface area contributed by atoms with Gasteiger partial charge in [0.05, 0.1) is 0 Å². The first-order valence-corrected chi connectivity index (χ1v) is 11.4. The van der Waals surface area contributed by atoms with Crippen LogP contribution >= 0.6 is 0 Å². The number of rotatable bonds is 0. The summed E-state index contributed by atoms with van der Waals surface area (Å²) in [6.07, 6.45) is 14.4. The molecule has 0 radical (unpaired) electrons. The highest BCUT2D eigenvalue weighted by Crippen LogP contribution is 2.34. The monoisotopic (exact) mass is 395 g/mol. The second-order valence-electron chi connectivity index (χ2n) is 5.44. The van der Waals surface area contributed by atoms with Crippen LogP contribution in [-0.2, 0) is 6.42 Å². The second kappa shape index (κ2) is 17.9. The predicted molar refractivity (Wildman–Crippen MR) is 140 cm³/mol. The van der Waals surface area contributed by atoms with Crippen molar-refractivity contribution in [1.82, 2.24) is 0 Å². The van der Waals surface area contributed by atoms with Crippen LogP contribution in [0.5, 0.6) is 0 Å². The van der Waals surface area contributed by atoms with Crippen molar-refractivity contribution in [1.29, 1.82) is 0 Å². The summed E-state index contributed by atoms with van der Waals surface area (Å²) in [5.41, 5.74) is 5.50. The van der Waals surface area contributed by atoms with Gasteiger partial charge in [0.25, 0.3) is 0 Å². The molecule has 0 fully saturated rings. The Morgan fingerprint density at radius 1 is 0.690 bits per heavy atom. The van der Waals surface area contributed by atoms with Crippen molar-refractivity contribution >= 4 is 29.1 Å². The standard InChI is InChI=1S/C19H17N.4C2H6.CH4/c1-2-7-15-14-9-4-5-10-16(14)18-11-6-12-20-13-19(18)17(15)8-3-1;4*1-2;/h2-5,7-10,13H,1,6,11-12H2;4*1-2H3;1H4. The van der Waals surface area contributed by atoms with Gasteiger partial charge < -0.3 is 0 Å². The zero-order valence-electron chi connectivity index (χ0n) is 19.5. The molecule has 0 saturated heterocycles.